The van der Waals surface area contributed by atoms with Crippen LogP contribution in [-0.2, 0) is 18.0 Å². The molecule has 3 aromatic rings. The molecule has 0 bridgehead atoms. The molecule has 10 nitrogen and oxygen atoms in total. The molecule has 0 spiro atoms. The van der Waals surface area contributed by atoms with Crippen LogP contribution in [0.4, 0.5) is 30.5 Å². The molecule has 1 amide bonds. The summed E-state index contributed by atoms with van der Waals surface area (Å²) < 4.78 is 46.5. The number of aryl methyl sites for hydroxylation is 1. The van der Waals surface area contributed by atoms with Gasteiger partial charge in [-0.05, 0) is 25.1 Å². The van der Waals surface area contributed by atoms with E-state index in [-0.39, 0.29) is 40.8 Å². The molecule has 172 valence electrons. The number of halogens is 4. The first-order valence-corrected chi connectivity index (χ1v) is 11.2. The van der Waals surface area contributed by atoms with Crippen molar-refractivity contribution >= 4 is 44.5 Å². The van der Waals surface area contributed by atoms with E-state index in [0.29, 0.717) is 0 Å². The fourth-order valence-corrected chi connectivity index (χ4v) is 5.20. The number of alkyl halides is 3. The van der Waals surface area contributed by atoms with Gasteiger partial charge >= 0.3 is 11.9 Å². The average Bonchev–Trinajstić information content (AvgIpc) is 3.16. The van der Waals surface area contributed by atoms with Crippen LogP contribution in [-0.4, -0.2) is 32.0 Å². The fraction of sp³-hybridized carbons (Fsp3) is 0.211. The highest BCUT2D eigenvalue weighted by Gasteiger charge is 2.33. The first-order chi connectivity index (χ1) is 15.5. The smallest absolute Gasteiger partial charge is 0.309 e. The summed E-state index contributed by atoms with van der Waals surface area (Å²) in [5.41, 5.74) is -1.75. The molecule has 2 N–H and O–H groups in total. The minimum absolute atomic E-state index is 0.121. The first-order valence-electron chi connectivity index (χ1n) is 9.32. The number of pyridine rings is 2. The lowest BCUT2D eigenvalue weighted by Gasteiger charge is -2.14. The lowest BCUT2D eigenvalue weighted by molar-refractivity contribution is -0.138. The maximum absolute atomic E-state index is 13.2. The zero-order chi connectivity index (χ0) is 23.9. The molecule has 0 aliphatic carbocycles. The second kappa shape index (κ2) is 8.49. The Labute approximate surface area is 194 Å². The highest BCUT2D eigenvalue weighted by Crippen LogP contribution is 2.38. The molecule has 0 atom stereocenters. The van der Waals surface area contributed by atoms with Crippen molar-refractivity contribution < 1.29 is 18.0 Å². The highest BCUT2D eigenvalue weighted by molar-refractivity contribution is 14.2. The second-order valence-corrected chi connectivity index (χ2v) is 9.06. The van der Waals surface area contributed by atoms with Gasteiger partial charge < -0.3 is 5.32 Å². The molecule has 0 fully saturated rings. The van der Waals surface area contributed by atoms with E-state index in [9.17, 15) is 27.6 Å². The van der Waals surface area contributed by atoms with E-state index < -0.39 is 50.2 Å². The van der Waals surface area contributed by atoms with Crippen molar-refractivity contribution in [3.63, 3.8) is 0 Å². The Morgan fingerprint density at radius 2 is 2.03 bits per heavy atom. The van der Waals surface area contributed by atoms with Gasteiger partial charge in [0.2, 0.25) is 5.91 Å². The number of carbonyl (C=O) groups is 1. The molecule has 3 aromatic heterocycles. The molecule has 0 saturated heterocycles. The van der Waals surface area contributed by atoms with Crippen molar-refractivity contribution in [1.82, 2.24) is 19.5 Å². The monoisotopic (exact) mass is 573 g/mol. The Balaban J connectivity index is 1.54. The maximum atomic E-state index is 13.2. The number of rotatable bonds is 4. The number of amides is 1. The van der Waals surface area contributed by atoms with E-state index in [2.05, 4.69) is 23.4 Å². The summed E-state index contributed by atoms with van der Waals surface area (Å²) in [5, 5.41) is 2.57. The molecule has 0 saturated carbocycles. The van der Waals surface area contributed by atoms with Gasteiger partial charge in [-0.2, -0.15) is 16.3 Å². The largest absolute Gasteiger partial charge is 0.418 e. The molecule has 1 aliphatic rings. The standard InChI is InChI=1S/C19H15F3IN7O3/c1-9-11(19(20,21)22)6-10(7-24-9)12-4-3-5-13(25-12)26-14(31)8-30-15-16(28-23-30)29(2)18(33)27-17(15)32/h3-7H,8H2,1-2H3,(H,25,26,31)(H,27,32,33). The van der Waals surface area contributed by atoms with E-state index in [1.54, 1.807) is 6.07 Å². The van der Waals surface area contributed by atoms with Crippen molar-refractivity contribution in [2.75, 3.05) is 15.0 Å². The van der Waals surface area contributed by atoms with Crippen molar-refractivity contribution in [2.45, 2.75) is 13.1 Å². The summed E-state index contributed by atoms with van der Waals surface area (Å²) in [6.45, 7) is 1.06. The Morgan fingerprint density at radius 3 is 2.76 bits per heavy atom. The predicted octanol–water partition coefficient (Wildman–Crippen LogP) is 3.02. The van der Waals surface area contributed by atoms with Gasteiger partial charge in [0.1, 0.15) is 33.7 Å². The number of nitrogens with one attached hydrogen (secondary N) is 2. The molecular weight excluding hydrogens is 558 g/mol. The molecule has 0 unspecified atom stereocenters. The van der Waals surface area contributed by atoms with Gasteiger partial charge in [0.15, 0.2) is 11.5 Å². The third-order valence-electron chi connectivity index (χ3n) is 4.71. The van der Waals surface area contributed by atoms with Gasteiger partial charge in [0, 0.05) is 24.5 Å². The van der Waals surface area contributed by atoms with Crippen molar-refractivity contribution in [3.8, 4) is 11.3 Å². The van der Waals surface area contributed by atoms with Crippen LogP contribution >= 0.6 is 21.3 Å². The van der Waals surface area contributed by atoms with Gasteiger partial charge in [0.05, 0.1) is 11.3 Å². The van der Waals surface area contributed by atoms with E-state index in [0.717, 1.165) is 6.07 Å². The van der Waals surface area contributed by atoms with Crippen LogP contribution in [0.25, 0.3) is 11.3 Å². The van der Waals surface area contributed by atoms with E-state index in [1.807, 2.05) is 0 Å². The summed E-state index contributed by atoms with van der Waals surface area (Å²) in [6.07, 6.45) is -3.28. The number of fused-ring (bicyclic) bond motifs is 1. The van der Waals surface area contributed by atoms with E-state index >= 15 is 0 Å². The minimum Gasteiger partial charge on any atom is -0.309 e. The maximum Gasteiger partial charge on any atom is 0.418 e. The van der Waals surface area contributed by atoms with E-state index in [1.165, 1.54) is 40.0 Å². The Morgan fingerprint density at radius 1 is 1.27 bits per heavy atom. The quantitative estimate of drug-likeness (QED) is 0.366. The van der Waals surface area contributed by atoms with Crippen LogP contribution in [0.3, 0.4) is 0 Å². The molecule has 4 rings (SSSR count). The average molecular weight is 573 g/mol. The number of hydrogen-bond donors (Lipinski definition) is 2. The number of nitrogens with zero attached hydrogens (tertiary/aromatic N) is 5. The number of anilines is 2. The number of H-pyrrole nitrogens is 1. The number of aromatic nitrogens is 4. The summed E-state index contributed by atoms with van der Waals surface area (Å²) in [5.74, 6) is -0.166. The SMILES string of the molecule is Cc1ncc(-c2cccc(NC(=O)CN3I=Nc4c3c(=O)[nH]c(=O)n4C)n2)cc1C(F)(F)F. The Hall–Kier alpha value is -3.43. The molecular formula is C19H15F3IN7O3. The number of aromatic amines is 1. The summed E-state index contributed by atoms with van der Waals surface area (Å²) in [4.78, 5) is 46.6. The first kappa shape index (κ1) is 22.8. The zero-order valence-electron chi connectivity index (χ0n) is 17.1. The topological polar surface area (TPSA) is 125 Å². The molecule has 14 heteroatoms. The molecule has 0 radical (unpaired) electrons. The third kappa shape index (κ3) is 4.55. The van der Waals surface area contributed by atoms with Gasteiger partial charge in [-0.3, -0.25) is 27.2 Å². The van der Waals surface area contributed by atoms with Crippen LogP contribution in [0.5, 0.6) is 0 Å². The zero-order valence-corrected chi connectivity index (χ0v) is 19.2. The summed E-state index contributed by atoms with van der Waals surface area (Å²) >= 11 is -1.09. The number of carbonyl (C=O) groups excluding carboxylic acids is 1. The molecule has 4 heterocycles. The molecule has 1 aliphatic heterocycles. The number of hydrogen-bond acceptors (Lipinski definition) is 7. The lowest BCUT2D eigenvalue weighted by atomic mass is 10.1. The van der Waals surface area contributed by atoms with Crippen molar-refractivity contribution in [1.29, 1.82) is 0 Å². The summed E-state index contributed by atoms with van der Waals surface area (Å²) in [7, 11) is 1.47. The van der Waals surface area contributed by atoms with E-state index in [4.69, 9.17) is 0 Å². The fourth-order valence-electron chi connectivity index (χ4n) is 3.07. The highest BCUT2D eigenvalue weighted by atomic mass is 127. The normalized spacial score (nSPS) is 12.9. The van der Waals surface area contributed by atoms with Crippen LogP contribution in [0.15, 0.2) is 43.2 Å². The van der Waals surface area contributed by atoms with Crippen molar-refractivity contribution in [3.05, 3.63) is 62.6 Å². The summed E-state index contributed by atoms with van der Waals surface area (Å²) in [6, 6.07) is 5.49. The second-order valence-electron chi connectivity index (χ2n) is 6.98. The predicted molar refractivity (Wildman–Crippen MR) is 122 cm³/mol. The van der Waals surface area contributed by atoms with Crippen LogP contribution in [0.1, 0.15) is 11.3 Å². The molecule has 0 aromatic carbocycles. The van der Waals surface area contributed by atoms with Crippen LogP contribution in [0.2, 0.25) is 0 Å². The lowest BCUT2D eigenvalue weighted by Crippen LogP contribution is -2.34. The Bertz CT molecular complexity index is 1410. The minimum atomic E-state index is -4.56. The van der Waals surface area contributed by atoms with Crippen LogP contribution < -0.4 is 19.7 Å². The Kier molecular flexibility index (Phi) is 5.85. The van der Waals surface area contributed by atoms with Gasteiger partial charge in [0.25, 0.3) is 5.56 Å². The van der Waals surface area contributed by atoms with Gasteiger partial charge in [-0.15, -0.1) is 0 Å². The third-order valence-corrected chi connectivity index (χ3v) is 6.73. The van der Waals surface area contributed by atoms with Crippen LogP contribution in [0, 0.1) is 6.92 Å². The van der Waals surface area contributed by atoms with Gasteiger partial charge in [-0.1, -0.05) is 6.07 Å². The van der Waals surface area contributed by atoms with Gasteiger partial charge in [-0.25, -0.2) is 9.78 Å². The van der Waals surface area contributed by atoms with Crippen molar-refractivity contribution in [2.24, 2.45) is 10.2 Å². The molecule has 33 heavy (non-hydrogen) atoms.